The normalized spacial score (nSPS) is 22.5. The Bertz CT molecular complexity index is 637. The lowest BCUT2D eigenvalue weighted by Gasteiger charge is -2.27. The molecule has 0 atom stereocenters. The lowest BCUT2D eigenvalue weighted by molar-refractivity contribution is 0.339. The van der Waals surface area contributed by atoms with E-state index in [-0.39, 0.29) is 5.92 Å². The average Bonchev–Trinajstić information content (AvgIpc) is 2.89. The summed E-state index contributed by atoms with van der Waals surface area (Å²) >= 11 is 1.50. The second-order valence-electron chi connectivity index (χ2n) is 6.20. The summed E-state index contributed by atoms with van der Waals surface area (Å²) in [6.07, 6.45) is 4.15. The lowest BCUT2D eigenvalue weighted by atomic mass is 9.79. The molecule has 112 valence electrons. The van der Waals surface area contributed by atoms with Crippen molar-refractivity contribution in [1.29, 1.82) is 0 Å². The first-order valence-corrected chi connectivity index (χ1v) is 8.42. The highest BCUT2D eigenvalue weighted by Gasteiger charge is 2.25. The summed E-state index contributed by atoms with van der Waals surface area (Å²) in [4.78, 5) is 1.91. The SMILES string of the molecule is Cc1ccc(-c2ccc(C3CCC(C)CC3)c(F)c2F)s1. The van der Waals surface area contributed by atoms with Gasteiger partial charge >= 0.3 is 0 Å². The topological polar surface area (TPSA) is 0 Å². The molecule has 0 radical (unpaired) electrons. The van der Waals surface area contributed by atoms with E-state index in [0.29, 0.717) is 17.0 Å². The molecule has 2 aromatic rings. The largest absolute Gasteiger partial charge is 0.203 e. The van der Waals surface area contributed by atoms with Gasteiger partial charge in [-0.3, -0.25) is 0 Å². The summed E-state index contributed by atoms with van der Waals surface area (Å²) in [6.45, 7) is 4.20. The summed E-state index contributed by atoms with van der Waals surface area (Å²) in [6, 6.07) is 7.34. The van der Waals surface area contributed by atoms with Crippen LogP contribution in [0.1, 0.15) is 49.0 Å². The van der Waals surface area contributed by atoms with Crippen LogP contribution in [0.4, 0.5) is 8.78 Å². The fourth-order valence-electron chi connectivity index (χ4n) is 3.22. The third-order valence-corrected chi connectivity index (χ3v) is 5.61. The molecule has 0 unspecified atom stereocenters. The van der Waals surface area contributed by atoms with Crippen molar-refractivity contribution in [2.75, 3.05) is 0 Å². The maximum absolute atomic E-state index is 14.5. The van der Waals surface area contributed by atoms with Crippen molar-refractivity contribution in [2.45, 2.75) is 45.4 Å². The molecule has 3 heteroatoms. The van der Waals surface area contributed by atoms with Crippen LogP contribution < -0.4 is 0 Å². The van der Waals surface area contributed by atoms with E-state index in [1.807, 2.05) is 19.1 Å². The van der Waals surface area contributed by atoms with Gasteiger partial charge in [-0.15, -0.1) is 11.3 Å². The highest BCUT2D eigenvalue weighted by molar-refractivity contribution is 7.15. The molecule has 1 saturated carbocycles. The molecule has 0 aliphatic heterocycles. The molecule has 1 aromatic heterocycles. The summed E-state index contributed by atoms with van der Waals surface area (Å²) in [5, 5.41) is 0. The lowest BCUT2D eigenvalue weighted by Crippen LogP contribution is -2.13. The van der Waals surface area contributed by atoms with Crippen LogP contribution in [0, 0.1) is 24.5 Å². The molecule has 1 aliphatic rings. The molecule has 21 heavy (non-hydrogen) atoms. The third-order valence-electron chi connectivity index (χ3n) is 4.57. The van der Waals surface area contributed by atoms with Crippen molar-refractivity contribution >= 4 is 11.3 Å². The fraction of sp³-hybridized carbons (Fsp3) is 0.444. The van der Waals surface area contributed by atoms with Gasteiger partial charge in [-0.1, -0.05) is 31.9 Å². The van der Waals surface area contributed by atoms with E-state index in [0.717, 1.165) is 35.4 Å². The van der Waals surface area contributed by atoms with Gasteiger partial charge in [-0.25, -0.2) is 8.78 Å². The Kier molecular flexibility index (Phi) is 4.12. The van der Waals surface area contributed by atoms with Crippen LogP contribution in [0.3, 0.4) is 0 Å². The zero-order valence-corrected chi connectivity index (χ0v) is 13.3. The molecular weight excluding hydrogens is 286 g/mol. The molecule has 0 bridgehead atoms. The number of halogens is 2. The summed E-state index contributed by atoms with van der Waals surface area (Å²) in [5.41, 5.74) is 0.954. The quantitative estimate of drug-likeness (QED) is 0.611. The van der Waals surface area contributed by atoms with Crippen molar-refractivity contribution in [3.05, 3.63) is 46.3 Å². The van der Waals surface area contributed by atoms with E-state index < -0.39 is 11.6 Å². The minimum absolute atomic E-state index is 0.176. The fourth-order valence-corrected chi connectivity index (χ4v) is 4.11. The van der Waals surface area contributed by atoms with Crippen LogP contribution in [0.5, 0.6) is 0 Å². The van der Waals surface area contributed by atoms with E-state index in [2.05, 4.69) is 6.92 Å². The van der Waals surface area contributed by atoms with Crippen LogP contribution in [0.2, 0.25) is 0 Å². The number of rotatable bonds is 2. The molecular formula is C18H20F2S. The zero-order valence-electron chi connectivity index (χ0n) is 12.5. The second-order valence-corrected chi connectivity index (χ2v) is 7.49. The van der Waals surface area contributed by atoms with Gasteiger partial charge in [-0.2, -0.15) is 0 Å². The number of thiophene rings is 1. The van der Waals surface area contributed by atoms with Gasteiger partial charge in [0.15, 0.2) is 11.6 Å². The molecule has 0 nitrogen and oxygen atoms in total. The van der Waals surface area contributed by atoms with Gasteiger partial charge in [0, 0.05) is 15.3 Å². The molecule has 0 spiro atoms. The highest BCUT2D eigenvalue weighted by Crippen LogP contribution is 2.39. The predicted octanol–water partition coefficient (Wildman–Crippen LogP) is 6.30. The standard InChI is InChI=1S/C18H20F2S/c1-11-3-6-13(7-4-11)14-8-9-15(18(20)17(14)19)16-10-5-12(2)21-16/h5,8-11,13H,3-4,6-7H2,1-2H3. The van der Waals surface area contributed by atoms with Crippen molar-refractivity contribution in [3.63, 3.8) is 0 Å². The molecule has 1 aromatic carbocycles. The Morgan fingerprint density at radius 1 is 0.952 bits per heavy atom. The monoisotopic (exact) mass is 306 g/mol. The minimum atomic E-state index is -0.687. The predicted molar refractivity (Wildman–Crippen MR) is 84.8 cm³/mol. The van der Waals surface area contributed by atoms with E-state index >= 15 is 0 Å². The summed E-state index contributed by atoms with van der Waals surface area (Å²) < 4.78 is 28.9. The van der Waals surface area contributed by atoms with Gasteiger partial charge in [0.2, 0.25) is 0 Å². The van der Waals surface area contributed by atoms with Crippen LogP contribution in [0.15, 0.2) is 24.3 Å². The Morgan fingerprint density at radius 2 is 1.67 bits per heavy atom. The van der Waals surface area contributed by atoms with Crippen molar-refractivity contribution in [3.8, 4) is 10.4 Å². The van der Waals surface area contributed by atoms with Crippen LogP contribution >= 0.6 is 11.3 Å². The maximum atomic E-state index is 14.5. The first-order chi connectivity index (χ1) is 10.1. The van der Waals surface area contributed by atoms with E-state index in [4.69, 9.17) is 0 Å². The van der Waals surface area contributed by atoms with Crippen LogP contribution in [0.25, 0.3) is 10.4 Å². The average molecular weight is 306 g/mol. The Hall–Kier alpha value is -1.22. The second kappa shape index (κ2) is 5.88. The molecule has 1 heterocycles. The van der Waals surface area contributed by atoms with E-state index in [1.165, 1.54) is 11.3 Å². The van der Waals surface area contributed by atoms with Gasteiger partial charge < -0.3 is 0 Å². The van der Waals surface area contributed by atoms with Gasteiger partial charge in [0.05, 0.1) is 0 Å². The Balaban J connectivity index is 1.93. The summed E-state index contributed by atoms with van der Waals surface area (Å²) in [7, 11) is 0. The molecule has 0 amide bonds. The Labute approximate surface area is 128 Å². The number of aryl methyl sites for hydroxylation is 1. The number of hydrogen-bond acceptors (Lipinski definition) is 1. The first-order valence-electron chi connectivity index (χ1n) is 7.61. The van der Waals surface area contributed by atoms with E-state index in [9.17, 15) is 8.78 Å². The smallest absolute Gasteiger partial charge is 0.167 e. The molecule has 3 rings (SSSR count). The van der Waals surface area contributed by atoms with Crippen LogP contribution in [-0.2, 0) is 0 Å². The molecule has 1 fully saturated rings. The van der Waals surface area contributed by atoms with Crippen molar-refractivity contribution in [2.24, 2.45) is 5.92 Å². The summed E-state index contributed by atoms with van der Waals surface area (Å²) in [5.74, 6) is -0.441. The highest BCUT2D eigenvalue weighted by atomic mass is 32.1. The van der Waals surface area contributed by atoms with Gasteiger partial charge in [0.25, 0.3) is 0 Å². The van der Waals surface area contributed by atoms with Gasteiger partial charge in [0.1, 0.15) is 0 Å². The Morgan fingerprint density at radius 3 is 2.29 bits per heavy atom. The van der Waals surface area contributed by atoms with Crippen molar-refractivity contribution in [1.82, 2.24) is 0 Å². The molecule has 1 aliphatic carbocycles. The van der Waals surface area contributed by atoms with Gasteiger partial charge in [-0.05, 0) is 49.3 Å². The minimum Gasteiger partial charge on any atom is -0.203 e. The van der Waals surface area contributed by atoms with E-state index in [1.54, 1.807) is 12.1 Å². The zero-order chi connectivity index (χ0) is 15.0. The first kappa shape index (κ1) is 14.7. The van der Waals surface area contributed by atoms with Crippen molar-refractivity contribution < 1.29 is 8.78 Å². The third kappa shape index (κ3) is 2.89. The maximum Gasteiger partial charge on any atom is 0.167 e. The molecule has 0 saturated heterocycles. The van der Waals surface area contributed by atoms with Crippen LogP contribution in [-0.4, -0.2) is 0 Å². The number of hydrogen-bond donors (Lipinski definition) is 0. The molecule has 0 N–H and O–H groups in total. The number of benzene rings is 1.